The molecule has 28 heavy (non-hydrogen) atoms. The van der Waals surface area contributed by atoms with Crippen LogP contribution >= 0.6 is 0 Å². The Morgan fingerprint density at radius 2 is 1.93 bits per heavy atom. The van der Waals surface area contributed by atoms with Crippen LogP contribution in [0.3, 0.4) is 0 Å². The van der Waals surface area contributed by atoms with Gasteiger partial charge in [-0.25, -0.2) is 0 Å². The third-order valence-electron chi connectivity index (χ3n) is 4.93. The van der Waals surface area contributed by atoms with Gasteiger partial charge in [-0.05, 0) is 36.8 Å². The molecule has 0 aliphatic carbocycles. The summed E-state index contributed by atoms with van der Waals surface area (Å²) in [5.41, 5.74) is 2.34. The van der Waals surface area contributed by atoms with Gasteiger partial charge in [0.05, 0.1) is 18.7 Å². The lowest BCUT2D eigenvalue weighted by Crippen LogP contribution is -2.28. The van der Waals surface area contributed by atoms with Crippen LogP contribution in [0.1, 0.15) is 12.0 Å². The number of rotatable bonds is 4. The van der Waals surface area contributed by atoms with Crippen LogP contribution in [0.5, 0.6) is 17.2 Å². The Morgan fingerprint density at radius 1 is 1.14 bits per heavy atom. The van der Waals surface area contributed by atoms with E-state index in [-0.39, 0.29) is 18.2 Å². The van der Waals surface area contributed by atoms with Gasteiger partial charge >= 0.3 is 0 Å². The predicted molar refractivity (Wildman–Crippen MR) is 104 cm³/mol. The highest BCUT2D eigenvalue weighted by Gasteiger charge is 2.36. The molecule has 2 aromatic carbocycles. The molecule has 0 saturated carbocycles. The molecule has 1 saturated heterocycles. The average molecular weight is 382 g/mol. The van der Waals surface area contributed by atoms with Gasteiger partial charge in [-0.15, -0.1) is 0 Å². The van der Waals surface area contributed by atoms with Gasteiger partial charge in [0.25, 0.3) is 0 Å². The molecule has 1 atom stereocenters. The second-order valence-corrected chi connectivity index (χ2v) is 6.93. The first-order valence-corrected chi connectivity index (χ1v) is 9.20. The summed E-state index contributed by atoms with van der Waals surface area (Å²) in [7, 11) is 1.57. The van der Waals surface area contributed by atoms with Crippen LogP contribution in [-0.4, -0.2) is 38.7 Å². The highest BCUT2D eigenvalue weighted by Crippen LogP contribution is 2.35. The summed E-state index contributed by atoms with van der Waals surface area (Å²) in [5.74, 6) is 1.17. The molecular weight excluding hydrogens is 360 g/mol. The predicted octanol–water partition coefficient (Wildman–Crippen LogP) is 2.77. The normalized spacial score (nSPS) is 18.1. The number of benzene rings is 2. The monoisotopic (exact) mass is 382 g/mol. The minimum atomic E-state index is -0.439. The quantitative estimate of drug-likeness (QED) is 0.880. The fourth-order valence-electron chi connectivity index (χ4n) is 3.49. The van der Waals surface area contributed by atoms with Crippen molar-refractivity contribution in [3.8, 4) is 17.2 Å². The van der Waals surface area contributed by atoms with Crippen molar-refractivity contribution in [2.45, 2.75) is 13.3 Å². The molecule has 7 heteroatoms. The number of carbonyl (C=O) groups is 2. The van der Waals surface area contributed by atoms with Crippen LogP contribution in [0.25, 0.3) is 0 Å². The molecule has 2 aliphatic rings. The molecule has 0 radical (unpaired) electrons. The number of carbonyl (C=O) groups excluding carboxylic acids is 2. The number of methoxy groups -OCH3 is 1. The minimum Gasteiger partial charge on any atom is -0.495 e. The second-order valence-electron chi connectivity index (χ2n) is 6.93. The van der Waals surface area contributed by atoms with Gasteiger partial charge < -0.3 is 24.4 Å². The number of nitrogens with one attached hydrogen (secondary N) is 1. The molecule has 2 amide bonds. The van der Waals surface area contributed by atoms with Gasteiger partial charge in [0.15, 0.2) is 11.5 Å². The zero-order valence-electron chi connectivity index (χ0n) is 15.9. The lowest BCUT2D eigenvalue weighted by atomic mass is 10.1. The van der Waals surface area contributed by atoms with Crippen LogP contribution in [0.2, 0.25) is 0 Å². The number of hydrogen-bond acceptors (Lipinski definition) is 5. The van der Waals surface area contributed by atoms with E-state index in [1.54, 1.807) is 30.2 Å². The number of aryl methyl sites for hydroxylation is 1. The summed E-state index contributed by atoms with van der Waals surface area (Å²) in [5, 5.41) is 2.88. The Labute approximate surface area is 163 Å². The maximum atomic E-state index is 12.7. The summed E-state index contributed by atoms with van der Waals surface area (Å²) < 4.78 is 16.4. The first kappa shape index (κ1) is 18.2. The summed E-state index contributed by atoms with van der Waals surface area (Å²) in [6, 6.07) is 10.9. The van der Waals surface area contributed by atoms with Gasteiger partial charge in [0.1, 0.15) is 19.0 Å². The molecule has 1 N–H and O–H groups in total. The van der Waals surface area contributed by atoms with E-state index in [4.69, 9.17) is 14.2 Å². The summed E-state index contributed by atoms with van der Waals surface area (Å²) in [6.07, 6.45) is 0.160. The molecule has 1 fully saturated rings. The van der Waals surface area contributed by atoms with Crippen molar-refractivity contribution in [1.29, 1.82) is 0 Å². The maximum Gasteiger partial charge on any atom is 0.229 e. The van der Waals surface area contributed by atoms with E-state index in [2.05, 4.69) is 5.32 Å². The number of amides is 2. The largest absolute Gasteiger partial charge is 0.495 e. The fraction of sp³-hybridized carbons (Fsp3) is 0.333. The number of nitrogens with zero attached hydrogens (tertiary/aromatic N) is 1. The van der Waals surface area contributed by atoms with Crippen molar-refractivity contribution < 1.29 is 23.8 Å². The summed E-state index contributed by atoms with van der Waals surface area (Å²) in [4.78, 5) is 26.9. The molecule has 1 unspecified atom stereocenters. The topological polar surface area (TPSA) is 77.1 Å². The third kappa shape index (κ3) is 3.47. The van der Waals surface area contributed by atoms with E-state index in [0.29, 0.717) is 48.4 Å². The van der Waals surface area contributed by atoms with Crippen molar-refractivity contribution in [3.05, 3.63) is 42.0 Å². The van der Waals surface area contributed by atoms with Gasteiger partial charge in [-0.2, -0.15) is 0 Å². The van der Waals surface area contributed by atoms with E-state index in [0.717, 1.165) is 5.56 Å². The van der Waals surface area contributed by atoms with E-state index in [1.165, 1.54) is 0 Å². The molecular formula is C21H22N2O5. The molecule has 2 heterocycles. The van der Waals surface area contributed by atoms with Gasteiger partial charge in [0.2, 0.25) is 11.8 Å². The van der Waals surface area contributed by atoms with Gasteiger partial charge in [-0.1, -0.05) is 6.07 Å². The number of ether oxygens (including phenoxy) is 3. The Hall–Kier alpha value is -3.22. The maximum absolute atomic E-state index is 12.7. The van der Waals surface area contributed by atoms with Crippen LogP contribution in [-0.2, 0) is 9.59 Å². The molecule has 7 nitrogen and oxygen atoms in total. The average Bonchev–Trinajstić information content (AvgIpc) is 3.09. The number of hydrogen-bond donors (Lipinski definition) is 1. The summed E-state index contributed by atoms with van der Waals surface area (Å²) >= 11 is 0. The van der Waals surface area contributed by atoms with Crippen molar-refractivity contribution in [3.63, 3.8) is 0 Å². The van der Waals surface area contributed by atoms with E-state index >= 15 is 0 Å². The molecule has 0 spiro atoms. The molecule has 4 rings (SSSR count). The molecule has 2 aliphatic heterocycles. The smallest absolute Gasteiger partial charge is 0.229 e. The molecule has 0 aromatic heterocycles. The van der Waals surface area contributed by atoms with E-state index in [9.17, 15) is 9.59 Å². The van der Waals surface area contributed by atoms with Crippen LogP contribution in [0.4, 0.5) is 11.4 Å². The molecule has 146 valence electrons. The number of fused-ring (bicyclic) bond motifs is 1. The van der Waals surface area contributed by atoms with E-state index < -0.39 is 5.92 Å². The van der Waals surface area contributed by atoms with Crippen molar-refractivity contribution >= 4 is 23.2 Å². The van der Waals surface area contributed by atoms with Crippen LogP contribution in [0, 0.1) is 12.8 Å². The number of anilines is 2. The summed E-state index contributed by atoms with van der Waals surface area (Å²) in [6.45, 7) is 3.26. The highest BCUT2D eigenvalue weighted by atomic mass is 16.6. The Bertz CT molecular complexity index is 927. The Morgan fingerprint density at radius 3 is 2.71 bits per heavy atom. The van der Waals surface area contributed by atoms with Crippen LogP contribution in [0.15, 0.2) is 36.4 Å². The lowest BCUT2D eigenvalue weighted by molar-refractivity contribution is -0.122. The standard InChI is InChI=1S/C21H22N2O5/c1-13-3-5-17(26-2)16(9-13)23-12-14(10-20(23)24)21(25)22-15-4-6-18-19(11-15)28-8-7-27-18/h3-6,9,11,14H,7-8,10,12H2,1-2H3,(H,22,25). The first-order chi connectivity index (χ1) is 13.5. The third-order valence-corrected chi connectivity index (χ3v) is 4.93. The first-order valence-electron chi connectivity index (χ1n) is 9.20. The van der Waals surface area contributed by atoms with Crippen molar-refractivity contribution in [2.24, 2.45) is 5.92 Å². The van der Waals surface area contributed by atoms with Crippen molar-refractivity contribution in [2.75, 3.05) is 37.1 Å². The Kier molecular flexibility index (Phi) is 4.81. The van der Waals surface area contributed by atoms with Gasteiger partial charge in [-0.3, -0.25) is 9.59 Å². The highest BCUT2D eigenvalue weighted by molar-refractivity contribution is 6.04. The second kappa shape index (κ2) is 7.42. The SMILES string of the molecule is COc1ccc(C)cc1N1CC(C(=O)Nc2ccc3c(c2)OCCO3)CC1=O. The lowest BCUT2D eigenvalue weighted by Gasteiger charge is -2.20. The Balaban J connectivity index is 1.48. The fourth-order valence-corrected chi connectivity index (χ4v) is 3.49. The zero-order chi connectivity index (χ0) is 19.7. The molecule has 0 bridgehead atoms. The van der Waals surface area contributed by atoms with Crippen molar-refractivity contribution in [1.82, 2.24) is 0 Å². The molecule has 2 aromatic rings. The van der Waals surface area contributed by atoms with Crippen LogP contribution < -0.4 is 24.4 Å². The minimum absolute atomic E-state index is 0.0915. The van der Waals surface area contributed by atoms with Gasteiger partial charge in [0, 0.05) is 24.7 Å². The van der Waals surface area contributed by atoms with E-state index in [1.807, 2.05) is 25.1 Å². The zero-order valence-corrected chi connectivity index (χ0v) is 15.9.